The van der Waals surface area contributed by atoms with E-state index in [-0.39, 0.29) is 5.91 Å². The van der Waals surface area contributed by atoms with E-state index < -0.39 is 0 Å². The Hall–Kier alpha value is -2.69. The van der Waals surface area contributed by atoms with E-state index in [4.69, 9.17) is 0 Å². The summed E-state index contributed by atoms with van der Waals surface area (Å²) in [6.45, 7) is 1.90. The maximum Gasteiger partial charge on any atom is 0.273 e. The first-order valence-electron chi connectivity index (χ1n) is 5.91. The summed E-state index contributed by atoms with van der Waals surface area (Å²) in [5.41, 5.74) is 3.00. The Labute approximate surface area is 109 Å². The Bertz CT molecular complexity index is 715. The molecule has 5 nitrogen and oxygen atoms in total. The highest BCUT2D eigenvalue weighted by molar-refractivity contribution is 6.05. The summed E-state index contributed by atoms with van der Waals surface area (Å²) in [7, 11) is 0. The molecule has 0 saturated heterocycles. The molecule has 3 heterocycles. The van der Waals surface area contributed by atoms with Gasteiger partial charge in [0.05, 0.1) is 11.0 Å². The molecule has 0 saturated carbocycles. The van der Waals surface area contributed by atoms with E-state index in [9.17, 15) is 4.79 Å². The van der Waals surface area contributed by atoms with Crippen molar-refractivity contribution in [1.82, 2.24) is 15.0 Å². The molecule has 19 heavy (non-hydrogen) atoms. The third-order valence-electron chi connectivity index (χ3n) is 2.87. The van der Waals surface area contributed by atoms with E-state index in [2.05, 4.69) is 20.3 Å². The average molecular weight is 252 g/mol. The molecular weight excluding hydrogens is 240 g/mol. The van der Waals surface area contributed by atoms with Crippen molar-refractivity contribution in [3.8, 4) is 0 Å². The summed E-state index contributed by atoms with van der Waals surface area (Å²) < 4.78 is 0. The Morgan fingerprint density at radius 3 is 2.79 bits per heavy atom. The minimum absolute atomic E-state index is 0.222. The number of fused-ring (bicyclic) bond motifs is 1. The van der Waals surface area contributed by atoms with E-state index >= 15 is 0 Å². The Morgan fingerprint density at radius 1 is 1.21 bits per heavy atom. The van der Waals surface area contributed by atoms with Gasteiger partial charge in [0.1, 0.15) is 11.5 Å². The van der Waals surface area contributed by atoms with Gasteiger partial charge in [-0.25, -0.2) is 4.98 Å². The largest absolute Gasteiger partial charge is 0.349 e. The number of pyridine rings is 2. The number of nitrogens with one attached hydrogen (secondary N) is 2. The zero-order valence-electron chi connectivity index (χ0n) is 10.3. The normalized spacial score (nSPS) is 10.6. The van der Waals surface area contributed by atoms with Gasteiger partial charge in [-0.1, -0.05) is 6.07 Å². The van der Waals surface area contributed by atoms with Gasteiger partial charge in [-0.05, 0) is 36.8 Å². The van der Waals surface area contributed by atoms with Gasteiger partial charge in [0.15, 0.2) is 0 Å². The smallest absolute Gasteiger partial charge is 0.273 e. The third kappa shape index (κ3) is 2.18. The lowest BCUT2D eigenvalue weighted by molar-refractivity contribution is 0.102. The van der Waals surface area contributed by atoms with Gasteiger partial charge in [-0.15, -0.1) is 0 Å². The molecule has 3 aromatic rings. The number of aryl methyl sites for hydroxylation is 1. The van der Waals surface area contributed by atoms with Crippen LogP contribution in [0.5, 0.6) is 0 Å². The Morgan fingerprint density at radius 2 is 2.00 bits per heavy atom. The van der Waals surface area contributed by atoms with E-state index in [1.165, 1.54) is 0 Å². The van der Waals surface area contributed by atoms with Crippen LogP contribution in [-0.4, -0.2) is 20.9 Å². The molecule has 0 spiro atoms. The van der Waals surface area contributed by atoms with Crippen LogP contribution in [0.2, 0.25) is 0 Å². The Balaban J connectivity index is 1.90. The average Bonchev–Trinajstić information content (AvgIpc) is 2.85. The molecular formula is C14H12N4O. The maximum absolute atomic E-state index is 12.1. The second kappa shape index (κ2) is 4.53. The second-order valence-electron chi connectivity index (χ2n) is 4.24. The number of H-pyrrole nitrogens is 1. The molecule has 3 aromatic heterocycles. The van der Waals surface area contributed by atoms with Crippen molar-refractivity contribution in [3.05, 3.63) is 54.0 Å². The zero-order chi connectivity index (χ0) is 13.2. The van der Waals surface area contributed by atoms with Crippen LogP contribution in [-0.2, 0) is 0 Å². The molecule has 3 rings (SSSR count). The van der Waals surface area contributed by atoms with Gasteiger partial charge < -0.3 is 10.3 Å². The fourth-order valence-corrected chi connectivity index (χ4v) is 1.87. The molecule has 1 amide bonds. The Kier molecular flexibility index (Phi) is 2.72. The summed E-state index contributed by atoms with van der Waals surface area (Å²) in [5, 5.41) is 2.78. The van der Waals surface area contributed by atoms with Crippen LogP contribution in [0.1, 0.15) is 16.1 Å². The van der Waals surface area contributed by atoms with E-state index in [1.54, 1.807) is 18.5 Å². The number of rotatable bonds is 2. The van der Waals surface area contributed by atoms with Crippen molar-refractivity contribution in [1.29, 1.82) is 0 Å². The van der Waals surface area contributed by atoms with Crippen molar-refractivity contribution in [2.45, 2.75) is 6.92 Å². The number of aromatic nitrogens is 3. The van der Waals surface area contributed by atoms with Crippen molar-refractivity contribution >= 4 is 22.8 Å². The van der Waals surface area contributed by atoms with Crippen molar-refractivity contribution in [3.63, 3.8) is 0 Å². The summed E-state index contributed by atoms with van der Waals surface area (Å²) in [4.78, 5) is 23.5. The molecule has 0 bridgehead atoms. The number of anilines is 1. The highest BCUT2D eigenvalue weighted by atomic mass is 16.1. The standard InChI is InChI=1S/C14H12N4O/c1-9-4-2-7-16-13(9)18-14(19)12-8-11-10(17-12)5-3-6-15-11/h2-8,17H,1H3,(H,16,18,19). The van der Waals surface area contributed by atoms with Crippen LogP contribution in [0.15, 0.2) is 42.7 Å². The molecule has 0 radical (unpaired) electrons. The zero-order valence-corrected chi connectivity index (χ0v) is 10.3. The quantitative estimate of drug-likeness (QED) is 0.736. The number of carbonyl (C=O) groups excluding carboxylic acids is 1. The minimum Gasteiger partial charge on any atom is -0.349 e. The predicted octanol–water partition coefficient (Wildman–Crippen LogP) is 2.52. The van der Waals surface area contributed by atoms with Crippen LogP contribution in [0.4, 0.5) is 5.82 Å². The van der Waals surface area contributed by atoms with Gasteiger partial charge in [0.2, 0.25) is 0 Å². The van der Waals surface area contributed by atoms with Crippen molar-refractivity contribution in [2.24, 2.45) is 0 Å². The summed E-state index contributed by atoms with van der Waals surface area (Å²) in [6, 6.07) is 9.16. The second-order valence-corrected chi connectivity index (χ2v) is 4.24. The van der Waals surface area contributed by atoms with Gasteiger partial charge in [-0.2, -0.15) is 0 Å². The van der Waals surface area contributed by atoms with Gasteiger partial charge in [0, 0.05) is 12.4 Å². The van der Waals surface area contributed by atoms with Crippen LogP contribution in [0, 0.1) is 6.92 Å². The first-order chi connectivity index (χ1) is 9.24. The molecule has 0 aliphatic heterocycles. The van der Waals surface area contributed by atoms with E-state index in [1.807, 2.05) is 31.2 Å². The summed E-state index contributed by atoms with van der Waals surface area (Å²) in [6.07, 6.45) is 3.34. The number of aromatic amines is 1. The lowest BCUT2D eigenvalue weighted by Gasteiger charge is -2.05. The van der Waals surface area contributed by atoms with Crippen molar-refractivity contribution in [2.75, 3.05) is 5.32 Å². The molecule has 0 atom stereocenters. The lowest BCUT2D eigenvalue weighted by atomic mass is 10.3. The van der Waals surface area contributed by atoms with Gasteiger partial charge in [0.25, 0.3) is 5.91 Å². The summed E-state index contributed by atoms with van der Waals surface area (Å²) >= 11 is 0. The van der Waals surface area contributed by atoms with Crippen LogP contribution < -0.4 is 5.32 Å². The van der Waals surface area contributed by atoms with Crippen LogP contribution >= 0.6 is 0 Å². The first kappa shape index (κ1) is 11.4. The van der Waals surface area contributed by atoms with Crippen molar-refractivity contribution < 1.29 is 4.79 Å². The van der Waals surface area contributed by atoms with E-state index in [0.29, 0.717) is 11.5 Å². The number of hydrogen-bond donors (Lipinski definition) is 2. The SMILES string of the molecule is Cc1cccnc1NC(=O)c1cc2ncccc2[nH]1. The highest BCUT2D eigenvalue weighted by Gasteiger charge is 2.11. The highest BCUT2D eigenvalue weighted by Crippen LogP contribution is 2.14. The number of amides is 1. The monoisotopic (exact) mass is 252 g/mol. The maximum atomic E-state index is 12.1. The first-order valence-corrected chi connectivity index (χ1v) is 5.91. The fourth-order valence-electron chi connectivity index (χ4n) is 1.87. The molecule has 2 N–H and O–H groups in total. The third-order valence-corrected chi connectivity index (χ3v) is 2.87. The minimum atomic E-state index is -0.222. The lowest BCUT2D eigenvalue weighted by Crippen LogP contribution is -2.14. The van der Waals surface area contributed by atoms with E-state index in [0.717, 1.165) is 16.6 Å². The van der Waals surface area contributed by atoms with Crippen LogP contribution in [0.3, 0.4) is 0 Å². The predicted molar refractivity (Wildman–Crippen MR) is 73.0 cm³/mol. The molecule has 0 unspecified atom stereocenters. The molecule has 0 aliphatic carbocycles. The fraction of sp³-hybridized carbons (Fsp3) is 0.0714. The summed E-state index contributed by atoms with van der Waals surface area (Å²) in [5.74, 6) is 0.346. The molecule has 5 heteroatoms. The molecule has 0 aliphatic rings. The topological polar surface area (TPSA) is 70.7 Å². The van der Waals surface area contributed by atoms with Gasteiger partial charge in [-0.3, -0.25) is 9.78 Å². The van der Waals surface area contributed by atoms with Crippen LogP contribution in [0.25, 0.3) is 11.0 Å². The number of nitrogens with zero attached hydrogens (tertiary/aromatic N) is 2. The molecule has 94 valence electrons. The molecule has 0 aromatic carbocycles. The number of carbonyl (C=O) groups is 1. The molecule has 0 fully saturated rings. The number of hydrogen-bond acceptors (Lipinski definition) is 3. The van der Waals surface area contributed by atoms with Gasteiger partial charge >= 0.3 is 0 Å².